The predicted octanol–water partition coefficient (Wildman–Crippen LogP) is 5.49. The first-order valence-electron chi connectivity index (χ1n) is 7.75. The first-order valence-corrected chi connectivity index (χ1v) is 9.51. The number of hydrogen-bond donors (Lipinski definition) is 0. The van der Waals surface area contributed by atoms with E-state index in [0.29, 0.717) is 0 Å². The number of fused-ring (bicyclic) bond motifs is 1. The summed E-state index contributed by atoms with van der Waals surface area (Å²) in [5.74, 6) is 0.586. The van der Waals surface area contributed by atoms with Gasteiger partial charge >= 0.3 is 0 Å². The third-order valence-corrected chi connectivity index (χ3v) is 5.87. The number of hydrogen-bond acceptors (Lipinski definition) is 5. The van der Waals surface area contributed by atoms with Crippen LogP contribution in [0.3, 0.4) is 0 Å². The molecule has 0 saturated heterocycles. The Bertz CT molecular complexity index is 1010. The maximum absolute atomic E-state index is 13.1. The molecule has 124 valence electrons. The van der Waals surface area contributed by atoms with E-state index in [0.717, 1.165) is 32.3 Å². The third kappa shape index (κ3) is 3.41. The fraction of sp³-hybridized carbons (Fsp3) is 0.105. The molecule has 0 aliphatic carbocycles. The van der Waals surface area contributed by atoms with Crippen LogP contribution in [-0.4, -0.2) is 14.3 Å². The molecule has 0 unspecified atom stereocenters. The van der Waals surface area contributed by atoms with Crippen molar-refractivity contribution in [3.63, 3.8) is 0 Å². The minimum Gasteiger partial charge on any atom is -0.233 e. The molecule has 0 radical (unpaired) electrons. The Hall–Kier alpha value is -2.31. The Morgan fingerprint density at radius 1 is 1.00 bits per heavy atom. The van der Waals surface area contributed by atoms with E-state index in [4.69, 9.17) is 0 Å². The van der Waals surface area contributed by atoms with Crippen LogP contribution >= 0.6 is 23.3 Å². The van der Waals surface area contributed by atoms with Crippen LogP contribution in [0, 0.1) is 12.7 Å². The number of aryl methyl sites for hydroxylation is 1. The number of rotatable bonds is 4. The number of aromatic nitrogens is 3. The van der Waals surface area contributed by atoms with E-state index in [9.17, 15) is 4.39 Å². The molecule has 3 nitrogen and oxygen atoms in total. The number of benzene rings is 2. The molecule has 2 aromatic carbocycles. The third-order valence-electron chi connectivity index (χ3n) is 3.84. The first-order chi connectivity index (χ1) is 12.2. The second-order valence-electron chi connectivity index (χ2n) is 5.67. The van der Waals surface area contributed by atoms with Crippen LogP contribution < -0.4 is 0 Å². The van der Waals surface area contributed by atoms with Crippen molar-refractivity contribution < 1.29 is 4.39 Å². The Morgan fingerprint density at radius 2 is 1.76 bits per heavy atom. The second-order valence-corrected chi connectivity index (χ2v) is 7.41. The van der Waals surface area contributed by atoms with Gasteiger partial charge in [0.05, 0.1) is 0 Å². The van der Waals surface area contributed by atoms with Gasteiger partial charge in [0, 0.05) is 11.3 Å². The molecule has 0 bridgehead atoms. The van der Waals surface area contributed by atoms with E-state index in [2.05, 4.69) is 45.5 Å². The molecule has 0 fully saturated rings. The van der Waals surface area contributed by atoms with Crippen LogP contribution in [0.25, 0.3) is 21.5 Å². The van der Waals surface area contributed by atoms with Crippen LogP contribution in [0.15, 0.2) is 59.9 Å². The molecule has 0 N–H and O–H groups in total. The minimum absolute atomic E-state index is 0.257. The summed E-state index contributed by atoms with van der Waals surface area (Å²) in [6.45, 7) is 2.08. The molecular formula is C19H14FN3S2. The molecule has 4 rings (SSSR count). The lowest BCUT2D eigenvalue weighted by Crippen LogP contribution is -1.87. The van der Waals surface area contributed by atoms with Crippen molar-refractivity contribution in [2.24, 2.45) is 0 Å². The topological polar surface area (TPSA) is 38.7 Å². The van der Waals surface area contributed by atoms with E-state index in [1.165, 1.54) is 34.8 Å². The summed E-state index contributed by atoms with van der Waals surface area (Å²) >= 11 is 3.07. The lowest BCUT2D eigenvalue weighted by Gasteiger charge is -2.03. The zero-order valence-electron chi connectivity index (χ0n) is 13.4. The summed E-state index contributed by atoms with van der Waals surface area (Å²) in [4.78, 5) is 8.82. The summed E-state index contributed by atoms with van der Waals surface area (Å²) in [5, 5.41) is 0.927. The summed E-state index contributed by atoms with van der Waals surface area (Å²) in [7, 11) is 0. The van der Waals surface area contributed by atoms with Crippen molar-refractivity contribution >= 4 is 33.5 Å². The minimum atomic E-state index is -0.257. The Morgan fingerprint density at radius 3 is 2.52 bits per heavy atom. The summed E-state index contributed by atoms with van der Waals surface area (Å²) in [6, 6.07) is 14.8. The van der Waals surface area contributed by atoms with Crippen LogP contribution in [0.1, 0.15) is 11.1 Å². The van der Waals surface area contributed by atoms with Gasteiger partial charge in [-0.25, -0.2) is 14.4 Å². The molecule has 0 spiro atoms. The van der Waals surface area contributed by atoms with E-state index in [1.54, 1.807) is 30.2 Å². The van der Waals surface area contributed by atoms with E-state index >= 15 is 0 Å². The van der Waals surface area contributed by atoms with Gasteiger partial charge in [-0.3, -0.25) is 0 Å². The zero-order valence-corrected chi connectivity index (χ0v) is 15.1. The fourth-order valence-electron chi connectivity index (χ4n) is 2.48. The van der Waals surface area contributed by atoms with Gasteiger partial charge in [-0.05, 0) is 48.3 Å². The Balaban J connectivity index is 1.64. The number of halogens is 1. The van der Waals surface area contributed by atoms with Crippen LogP contribution in [0.2, 0.25) is 0 Å². The van der Waals surface area contributed by atoms with Gasteiger partial charge in [0.15, 0.2) is 0 Å². The van der Waals surface area contributed by atoms with Crippen molar-refractivity contribution in [2.75, 3.05) is 0 Å². The predicted molar refractivity (Wildman–Crippen MR) is 101 cm³/mol. The van der Waals surface area contributed by atoms with Crippen LogP contribution in [-0.2, 0) is 5.75 Å². The highest BCUT2D eigenvalue weighted by Crippen LogP contribution is 2.35. The first kappa shape index (κ1) is 16.2. The van der Waals surface area contributed by atoms with Gasteiger partial charge in [0.25, 0.3) is 0 Å². The van der Waals surface area contributed by atoms with Crippen molar-refractivity contribution in [3.05, 3.63) is 71.8 Å². The lowest BCUT2D eigenvalue weighted by atomic mass is 10.1. The standard InChI is InChI=1S/C19H14FN3S2/c1-12-2-4-13(5-3-12)10-24-19-18-17(21-11-22-19)16(23-25-18)14-6-8-15(20)9-7-14/h2-9,11H,10H2,1H3. The summed E-state index contributed by atoms with van der Waals surface area (Å²) < 4.78 is 18.6. The SMILES string of the molecule is Cc1ccc(CSc2ncnc3c(-c4ccc(F)cc4)nsc23)cc1. The summed E-state index contributed by atoms with van der Waals surface area (Å²) in [6.07, 6.45) is 1.57. The molecule has 0 atom stereocenters. The van der Waals surface area contributed by atoms with Gasteiger partial charge in [-0.1, -0.05) is 29.8 Å². The number of nitrogens with zero attached hydrogens (tertiary/aromatic N) is 3. The van der Waals surface area contributed by atoms with E-state index < -0.39 is 0 Å². The largest absolute Gasteiger partial charge is 0.233 e. The smallest absolute Gasteiger partial charge is 0.123 e. The average Bonchev–Trinajstić information content (AvgIpc) is 3.07. The summed E-state index contributed by atoms with van der Waals surface area (Å²) in [5.41, 5.74) is 4.97. The molecule has 0 aliphatic rings. The van der Waals surface area contributed by atoms with Gasteiger partial charge in [-0.2, -0.15) is 4.37 Å². The quantitative estimate of drug-likeness (QED) is 0.353. The van der Waals surface area contributed by atoms with Crippen LogP contribution in [0.4, 0.5) is 4.39 Å². The molecule has 0 saturated carbocycles. The van der Waals surface area contributed by atoms with Crippen molar-refractivity contribution in [3.8, 4) is 11.3 Å². The second kappa shape index (κ2) is 6.90. The van der Waals surface area contributed by atoms with Gasteiger partial charge in [0.1, 0.15) is 33.1 Å². The molecule has 2 aromatic heterocycles. The highest BCUT2D eigenvalue weighted by Gasteiger charge is 2.14. The normalized spacial score (nSPS) is 11.1. The highest BCUT2D eigenvalue weighted by atomic mass is 32.2. The van der Waals surface area contributed by atoms with E-state index in [-0.39, 0.29) is 5.82 Å². The van der Waals surface area contributed by atoms with Gasteiger partial charge in [0.2, 0.25) is 0 Å². The van der Waals surface area contributed by atoms with Crippen molar-refractivity contribution in [1.29, 1.82) is 0 Å². The molecule has 2 heterocycles. The van der Waals surface area contributed by atoms with Crippen molar-refractivity contribution in [1.82, 2.24) is 14.3 Å². The molecular weight excluding hydrogens is 353 g/mol. The van der Waals surface area contributed by atoms with E-state index in [1.807, 2.05) is 0 Å². The Kier molecular flexibility index (Phi) is 4.46. The maximum Gasteiger partial charge on any atom is 0.123 e. The highest BCUT2D eigenvalue weighted by molar-refractivity contribution is 7.98. The fourth-order valence-corrected chi connectivity index (χ4v) is 4.35. The van der Waals surface area contributed by atoms with Crippen LogP contribution in [0.5, 0.6) is 0 Å². The molecule has 0 aliphatic heterocycles. The monoisotopic (exact) mass is 367 g/mol. The van der Waals surface area contributed by atoms with Crippen molar-refractivity contribution in [2.45, 2.75) is 17.7 Å². The molecule has 0 amide bonds. The zero-order chi connectivity index (χ0) is 17.2. The molecule has 25 heavy (non-hydrogen) atoms. The molecule has 6 heteroatoms. The lowest BCUT2D eigenvalue weighted by molar-refractivity contribution is 0.628. The molecule has 4 aromatic rings. The Labute approximate surface area is 153 Å². The average molecular weight is 367 g/mol. The maximum atomic E-state index is 13.1. The number of thioether (sulfide) groups is 1. The van der Waals surface area contributed by atoms with Gasteiger partial charge < -0.3 is 0 Å². The van der Waals surface area contributed by atoms with Gasteiger partial charge in [-0.15, -0.1) is 11.8 Å².